The van der Waals surface area contributed by atoms with Gasteiger partial charge in [-0.15, -0.1) is 0 Å². The molecule has 2 unspecified atom stereocenters. The molecular formula is C18H22F3N5O. The zero-order chi connectivity index (χ0) is 19.6. The number of nitrogens with two attached hydrogens (primary N) is 1. The summed E-state index contributed by atoms with van der Waals surface area (Å²) >= 11 is 0. The number of aliphatic hydroxyl groups is 1. The first-order chi connectivity index (χ1) is 12.6. The van der Waals surface area contributed by atoms with Crippen LogP contribution in [-0.2, 0) is 18.8 Å². The molecule has 0 aromatic carbocycles. The van der Waals surface area contributed by atoms with Crippen molar-refractivity contribution in [2.75, 3.05) is 5.73 Å². The summed E-state index contributed by atoms with van der Waals surface area (Å²) in [5, 5.41) is 21.0. The van der Waals surface area contributed by atoms with Gasteiger partial charge in [-0.3, -0.25) is 9.78 Å². The molecule has 9 heteroatoms. The number of halogens is 3. The van der Waals surface area contributed by atoms with Crippen molar-refractivity contribution < 1.29 is 18.3 Å². The highest BCUT2D eigenvalue weighted by Gasteiger charge is 2.53. The van der Waals surface area contributed by atoms with Crippen molar-refractivity contribution in [3.05, 3.63) is 35.3 Å². The van der Waals surface area contributed by atoms with Crippen molar-refractivity contribution in [1.29, 1.82) is 0 Å². The third-order valence-electron chi connectivity index (χ3n) is 6.21. The Hall–Kier alpha value is -2.29. The maximum absolute atomic E-state index is 13.2. The lowest BCUT2D eigenvalue weighted by Crippen LogP contribution is -2.26. The number of fused-ring (bicyclic) bond motifs is 1. The Kier molecular flexibility index (Phi) is 3.92. The molecule has 0 saturated heterocycles. The minimum Gasteiger partial charge on any atom is -0.385 e. The van der Waals surface area contributed by atoms with E-state index in [0.717, 1.165) is 30.3 Å². The average Bonchev–Trinajstić information content (AvgIpc) is 3.29. The molecule has 6 nitrogen and oxygen atoms in total. The van der Waals surface area contributed by atoms with Crippen LogP contribution >= 0.6 is 0 Å². The Bertz CT molecular complexity index is 870. The second-order valence-electron chi connectivity index (χ2n) is 7.80. The predicted octanol–water partition coefficient (Wildman–Crippen LogP) is 3.18. The van der Waals surface area contributed by atoms with Gasteiger partial charge in [0.15, 0.2) is 0 Å². The van der Waals surface area contributed by atoms with Crippen LogP contribution in [0.2, 0.25) is 0 Å². The number of aromatic nitrogens is 4. The summed E-state index contributed by atoms with van der Waals surface area (Å²) in [5.41, 5.74) is 5.16. The fourth-order valence-corrected chi connectivity index (χ4v) is 5.05. The number of hydrogen-bond donors (Lipinski definition) is 3. The highest BCUT2D eigenvalue weighted by Crippen LogP contribution is 2.58. The highest BCUT2D eigenvalue weighted by atomic mass is 19.4. The van der Waals surface area contributed by atoms with Crippen LogP contribution in [0.3, 0.4) is 0 Å². The number of rotatable bonds is 3. The monoisotopic (exact) mass is 381 g/mol. The Morgan fingerprint density at radius 1 is 1.37 bits per heavy atom. The van der Waals surface area contributed by atoms with Crippen LogP contribution in [0, 0.1) is 11.8 Å². The van der Waals surface area contributed by atoms with Crippen LogP contribution < -0.4 is 5.73 Å². The van der Waals surface area contributed by atoms with Gasteiger partial charge in [0.2, 0.25) is 0 Å². The highest BCUT2D eigenvalue weighted by molar-refractivity contribution is 5.63. The first-order valence-electron chi connectivity index (χ1n) is 8.92. The smallest absolute Gasteiger partial charge is 0.385 e. The van der Waals surface area contributed by atoms with Crippen LogP contribution in [-0.4, -0.2) is 25.1 Å². The maximum atomic E-state index is 13.2. The van der Waals surface area contributed by atoms with E-state index < -0.39 is 17.5 Å². The SMILES string of the molecule is C=Cc1c(C2CC3CC(O)(c4cn[nH]c4C(F)(F)F)CC3C2)nn(C)c1N. The number of H-pyrrole nitrogens is 1. The molecule has 146 valence electrons. The molecule has 27 heavy (non-hydrogen) atoms. The lowest BCUT2D eigenvalue weighted by Gasteiger charge is -2.25. The molecule has 2 aromatic heterocycles. The summed E-state index contributed by atoms with van der Waals surface area (Å²) in [7, 11) is 1.78. The van der Waals surface area contributed by atoms with Crippen LogP contribution in [0.5, 0.6) is 0 Å². The van der Waals surface area contributed by atoms with Crippen molar-refractivity contribution in [2.24, 2.45) is 18.9 Å². The summed E-state index contributed by atoms with van der Waals surface area (Å²) in [6.45, 7) is 3.81. The molecule has 2 aromatic rings. The fraction of sp³-hybridized carbons (Fsp3) is 0.556. The normalized spacial score (nSPS) is 30.6. The number of nitrogen functional groups attached to an aromatic ring is 1. The van der Waals surface area contributed by atoms with Gasteiger partial charge in [0.05, 0.1) is 17.5 Å². The number of hydrogen-bond acceptors (Lipinski definition) is 4. The Morgan fingerprint density at radius 3 is 2.56 bits per heavy atom. The van der Waals surface area contributed by atoms with Crippen molar-refractivity contribution >= 4 is 11.9 Å². The second kappa shape index (κ2) is 5.85. The Balaban J connectivity index is 1.56. The number of alkyl halides is 3. The van der Waals surface area contributed by atoms with E-state index in [1.54, 1.807) is 17.8 Å². The van der Waals surface area contributed by atoms with Gasteiger partial charge in [-0.1, -0.05) is 12.7 Å². The molecule has 4 rings (SSSR count). The maximum Gasteiger partial charge on any atom is 0.433 e. The fourth-order valence-electron chi connectivity index (χ4n) is 5.05. The first kappa shape index (κ1) is 18.1. The molecule has 0 spiro atoms. The van der Waals surface area contributed by atoms with Crippen molar-refractivity contribution in [1.82, 2.24) is 20.0 Å². The molecule has 0 amide bonds. The molecule has 0 radical (unpaired) electrons. The van der Waals surface area contributed by atoms with E-state index in [4.69, 9.17) is 5.73 Å². The van der Waals surface area contributed by atoms with E-state index in [-0.39, 0.29) is 23.3 Å². The molecule has 2 atom stereocenters. The molecule has 4 N–H and O–H groups in total. The van der Waals surface area contributed by atoms with Crippen molar-refractivity contribution in [2.45, 2.75) is 43.4 Å². The van der Waals surface area contributed by atoms with Gasteiger partial charge in [0.1, 0.15) is 11.5 Å². The van der Waals surface area contributed by atoms with Gasteiger partial charge in [-0.2, -0.15) is 23.4 Å². The zero-order valence-electron chi connectivity index (χ0n) is 14.9. The Labute approximate surface area is 154 Å². The third kappa shape index (κ3) is 2.75. The summed E-state index contributed by atoms with van der Waals surface area (Å²) in [6, 6.07) is 0. The van der Waals surface area contributed by atoms with Gasteiger partial charge in [0.25, 0.3) is 0 Å². The van der Waals surface area contributed by atoms with E-state index in [0.29, 0.717) is 18.7 Å². The standard InChI is InChI=1S/C18H22F3N5O/c1-3-12-14(25-26(2)16(12)22)9-4-10-6-17(27,7-11(10)5-9)13-8-23-24-15(13)18(19,20)21/h3,8-11,27H,1,4-7,22H2,2H3,(H,23,24). The number of nitrogens with one attached hydrogen (secondary N) is 1. The molecule has 2 aliphatic rings. The molecule has 0 aliphatic heterocycles. The number of anilines is 1. The third-order valence-corrected chi connectivity index (χ3v) is 6.21. The summed E-state index contributed by atoms with van der Waals surface area (Å²) in [5.74, 6) is 1.00. The summed E-state index contributed by atoms with van der Waals surface area (Å²) in [4.78, 5) is 0. The lowest BCUT2D eigenvalue weighted by molar-refractivity contribution is -0.144. The largest absolute Gasteiger partial charge is 0.433 e. The van der Waals surface area contributed by atoms with Gasteiger partial charge >= 0.3 is 6.18 Å². The molecule has 2 aliphatic carbocycles. The summed E-state index contributed by atoms with van der Waals surface area (Å²) < 4.78 is 41.2. The van der Waals surface area contributed by atoms with Gasteiger partial charge < -0.3 is 10.8 Å². The van der Waals surface area contributed by atoms with E-state index >= 15 is 0 Å². The number of nitrogens with zero attached hydrogens (tertiary/aromatic N) is 3. The summed E-state index contributed by atoms with van der Waals surface area (Å²) in [6.07, 6.45) is 0.365. The topological polar surface area (TPSA) is 92.8 Å². The minimum atomic E-state index is -4.56. The molecule has 0 bridgehead atoms. The van der Waals surface area contributed by atoms with Gasteiger partial charge in [-0.25, -0.2) is 0 Å². The van der Waals surface area contributed by atoms with Crippen LogP contribution in [0.4, 0.5) is 19.0 Å². The van der Waals surface area contributed by atoms with Gasteiger partial charge in [-0.05, 0) is 37.5 Å². The average molecular weight is 381 g/mol. The minimum absolute atomic E-state index is 0.136. The van der Waals surface area contributed by atoms with Crippen molar-refractivity contribution in [3.8, 4) is 0 Å². The number of aryl methyl sites for hydroxylation is 1. The van der Waals surface area contributed by atoms with E-state index in [2.05, 4.69) is 16.8 Å². The number of aromatic amines is 1. The van der Waals surface area contributed by atoms with Crippen molar-refractivity contribution in [3.63, 3.8) is 0 Å². The molecule has 2 fully saturated rings. The Morgan fingerprint density at radius 2 is 2.00 bits per heavy atom. The van der Waals surface area contributed by atoms with Gasteiger partial charge in [0, 0.05) is 24.1 Å². The molecular weight excluding hydrogens is 359 g/mol. The van der Waals surface area contributed by atoms with E-state index in [9.17, 15) is 18.3 Å². The van der Waals surface area contributed by atoms with E-state index in [1.807, 2.05) is 5.10 Å². The van der Waals surface area contributed by atoms with E-state index in [1.165, 1.54) is 0 Å². The van der Waals surface area contributed by atoms with Crippen LogP contribution in [0.25, 0.3) is 6.08 Å². The zero-order valence-corrected chi connectivity index (χ0v) is 14.9. The predicted molar refractivity (Wildman–Crippen MR) is 93.4 cm³/mol. The quantitative estimate of drug-likeness (QED) is 0.761. The van der Waals surface area contributed by atoms with Crippen LogP contribution in [0.1, 0.15) is 54.1 Å². The first-order valence-corrected chi connectivity index (χ1v) is 8.92. The molecule has 2 saturated carbocycles. The second-order valence-corrected chi connectivity index (χ2v) is 7.80. The van der Waals surface area contributed by atoms with Crippen LogP contribution in [0.15, 0.2) is 12.8 Å². The lowest BCUT2D eigenvalue weighted by atomic mass is 9.87. The molecule has 2 heterocycles.